The summed E-state index contributed by atoms with van der Waals surface area (Å²) in [6, 6.07) is 4.80. The quantitative estimate of drug-likeness (QED) is 0.809. The summed E-state index contributed by atoms with van der Waals surface area (Å²) < 4.78 is 6.18. The number of benzene rings is 1. The van der Waals surface area contributed by atoms with Crippen LogP contribution in [-0.4, -0.2) is 17.2 Å². The first-order valence-electron chi connectivity index (χ1n) is 4.86. The van der Waals surface area contributed by atoms with Gasteiger partial charge in [-0.15, -0.1) is 11.3 Å². The van der Waals surface area contributed by atoms with E-state index in [-0.39, 0.29) is 11.3 Å². The Morgan fingerprint density at radius 2 is 2.24 bits per heavy atom. The third-order valence-electron chi connectivity index (χ3n) is 2.16. The second-order valence-electron chi connectivity index (χ2n) is 3.45. The zero-order valence-electron chi connectivity index (χ0n) is 9.19. The number of phenolic OH excluding ortho intramolecular Hbond substituents is 1. The van der Waals surface area contributed by atoms with Crippen molar-refractivity contribution in [2.75, 3.05) is 7.11 Å². The first-order valence-corrected chi connectivity index (χ1v) is 5.68. The van der Waals surface area contributed by atoms with Crippen molar-refractivity contribution in [1.29, 1.82) is 0 Å². The van der Waals surface area contributed by atoms with Gasteiger partial charge in [-0.05, 0) is 23.8 Å². The molecule has 5 heteroatoms. The van der Waals surface area contributed by atoms with E-state index in [1.165, 1.54) is 24.5 Å². The molecule has 0 aliphatic rings. The minimum Gasteiger partial charge on any atom is -0.508 e. The second-order valence-corrected chi connectivity index (χ2v) is 4.59. The van der Waals surface area contributed by atoms with Gasteiger partial charge in [0.15, 0.2) is 0 Å². The van der Waals surface area contributed by atoms with Crippen LogP contribution in [0, 0.1) is 0 Å². The number of H-pyrrole nitrogens is 1. The Morgan fingerprint density at radius 3 is 2.82 bits per heavy atom. The standard InChI is InChI=1S/C12H11NO3S/c1-7-13-12(15)11(17-7)5-8-3-9(14)6-10(4-8)16-2/h3-6,14H,1H2,2H3,(H,13,15)/b11-5-. The fourth-order valence-corrected chi connectivity index (χ4v) is 2.19. The lowest BCUT2D eigenvalue weighted by atomic mass is 10.2. The van der Waals surface area contributed by atoms with Crippen LogP contribution in [0.2, 0.25) is 0 Å². The predicted molar refractivity (Wildman–Crippen MR) is 67.9 cm³/mol. The van der Waals surface area contributed by atoms with Crippen LogP contribution in [0.25, 0.3) is 12.7 Å². The predicted octanol–water partition coefficient (Wildman–Crippen LogP) is 0.390. The lowest BCUT2D eigenvalue weighted by Crippen LogP contribution is -2.19. The van der Waals surface area contributed by atoms with Crippen LogP contribution in [0.1, 0.15) is 5.56 Å². The number of nitrogens with one attached hydrogen (secondary N) is 1. The molecule has 88 valence electrons. The molecule has 0 unspecified atom stereocenters. The maximum atomic E-state index is 11.5. The average Bonchev–Trinajstić information content (AvgIpc) is 2.56. The summed E-state index contributed by atoms with van der Waals surface area (Å²) in [7, 11) is 1.52. The van der Waals surface area contributed by atoms with E-state index in [4.69, 9.17) is 4.74 Å². The number of aromatic hydroxyl groups is 1. The van der Waals surface area contributed by atoms with Gasteiger partial charge in [-0.2, -0.15) is 0 Å². The molecule has 0 aliphatic heterocycles. The molecule has 17 heavy (non-hydrogen) atoms. The van der Waals surface area contributed by atoms with Gasteiger partial charge in [0.2, 0.25) is 0 Å². The van der Waals surface area contributed by atoms with Gasteiger partial charge < -0.3 is 14.8 Å². The average molecular weight is 249 g/mol. The zero-order valence-corrected chi connectivity index (χ0v) is 10.0. The minimum absolute atomic E-state index is 0.0958. The Hall–Kier alpha value is -2.01. The molecule has 0 aliphatic carbocycles. The van der Waals surface area contributed by atoms with E-state index in [1.807, 2.05) is 0 Å². The fourth-order valence-electron chi connectivity index (χ4n) is 1.45. The number of aromatic amines is 1. The molecule has 0 radical (unpaired) electrons. The minimum atomic E-state index is -0.178. The van der Waals surface area contributed by atoms with Gasteiger partial charge in [0, 0.05) is 6.07 Å². The van der Waals surface area contributed by atoms with Crippen molar-refractivity contribution in [2.45, 2.75) is 0 Å². The first kappa shape index (κ1) is 11.5. The highest BCUT2D eigenvalue weighted by Crippen LogP contribution is 2.21. The summed E-state index contributed by atoms with van der Waals surface area (Å²) in [5.41, 5.74) is 0.525. The number of aromatic nitrogens is 1. The largest absolute Gasteiger partial charge is 0.508 e. The van der Waals surface area contributed by atoms with E-state index in [0.29, 0.717) is 20.5 Å². The zero-order chi connectivity index (χ0) is 12.4. The van der Waals surface area contributed by atoms with E-state index in [1.54, 1.807) is 18.2 Å². The van der Waals surface area contributed by atoms with Gasteiger partial charge in [0.1, 0.15) is 11.5 Å². The third kappa shape index (κ3) is 2.57. The maximum absolute atomic E-state index is 11.5. The normalized spacial score (nSPS) is 11.7. The molecule has 0 bridgehead atoms. The summed E-state index contributed by atoms with van der Waals surface area (Å²) >= 11 is 1.27. The summed E-state index contributed by atoms with van der Waals surface area (Å²) in [6.07, 6.45) is 1.68. The van der Waals surface area contributed by atoms with Crippen LogP contribution >= 0.6 is 11.3 Å². The van der Waals surface area contributed by atoms with Crippen LogP contribution in [0.3, 0.4) is 0 Å². The molecular weight excluding hydrogens is 238 g/mol. The van der Waals surface area contributed by atoms with Crippen LogP contribution in [-0.2, 0) is 0 Å². The van der Waals surface area contributed by atoms with E-state index in [9.17, 15) is 9.90 Å². The number of methoxy groups -OCH3 is 1. The van der Waals surface area contributed by atoms with Gasteiger partial charge in [0.05, 0.1) is 16.3 Å². The molecular formula is C12H11NO3S. The Morgan fingerprint density at radius 1 is 1.47 bits per heavy atom. The summed E-state index contributed by atoms with van der Waals surface area (Å²) in [4.78, 5) is 14.1. The van der Waals surface area contributed by atoms with E-state index < -0.39 is 0 Å². The molecule has 1 aromatic heterocycles. The second kappa shape index (κ2) is 4.47. The Kier molecular flexibility index (Phi) is 3.01. The smallest absolute Gasteiger partial charge is 0.266 e. The first-order chi connectivity index (χ1) is 8.08. The molecule has 0 atom stereocenters. The van der Waals surface area contributed by atoms with Crippen molar-refractivity contribution in [3.8, 4) is 11.5 Å². The number of rotatable bonds is 2. The highest BCUT2D eigenvalue weighted by Gasteiger charge is 1.99. The lowest BCUT2D eigenvalue weighted by molar-refractivity contribution is 0.407. The molecule has 0 saturated heterocycles. The van der Waals surface area contributed by atoms with Crippen LogP contribution in [0.15, 0.2) is 23.0 Å². The maximum Gasteiger partial charge on any atom is 0.266 e. The van der Waals surface area contributed by atoms with Crippen LogP contribution < -0.4 is 19.5 Å². The van der Waals surface area contributed by atoms with Gasteiger partial charge in [-0.25, -0.2) is 0 Å². The number of phenols is 1. The fraction of sp³-hybridized carbons (Fsp3) is 0.0833. The SMILES string of the molecule is C=c1[nH]c(=O)/c(=C/c2cc(O)cc(OC)c2)s1. The molecule has 2 N–H and O–H groups in total. The van der Waals surface area contributed by atoms with E-state index >= 15 is 0 Å². The molecule has 0 saturated carbocycles. The molecule has 0 amide bonds. The van der Waals surface area contributed by atoms with Crippen LogP contribution in [0.5, 0.6) is 11.5 Å². The monoisotopic (exact) mass is 249 g/mol. The third-order valence-corrected chi connectivity index (χ3v) is 3.03. The molecule has 0 fully saturated rings. The Balaban J connectivity index is 2.59. The number of hydrogen-bond acceptors (Lipinski definition) is 4. The molecule has 1 aromatic carbocycles. The Bertz CT molecular complexity index is 699. The highest BCUT2D eigenvalue weighted by molar-refractivity contribution is 7.07. The van der Waals surface area contributed by atoms with Crippen molar-refractivity contribution < 1.29 is 9.84 Å². The van der Waals surface area contributed by atoms with Gasteiger partial charge in [0.25, 0.3) is 5.56 Å². The van der Waals surface area contributed by atoms with Gasteiger partial charge in [-0.1, -0.05) is 6.58 Å². The van der Waals surface area contributed by atoms with E-state index in [2.05, 4.69) is 11.6 Å². The Labute approximate surface area is 101 Å². The summed E-state index contributed by atoms with van der Waals surface area (Å²) in [5, 5.41) is 9.48. The van der Waals surface area contributed by atoms with Crippen molar-refractivity contribution in [1.82, 2.24) is 4.98 Å². The van der Waals surface area contributed by atoms with Crippen molar-refractivity contribution in [3.63, 3.8) is 0 Å². The summed E-state index contributed by atoms with van der Waals surface area (Å²) in [6.45, 7) is 3.66. The van der Waals surface area contributed by atoms with Gasteiger partial charge in [-0.3, -0.25) is 4.79 Å². The topological polar surface area (TPSA) is 62.3 Å². The molecule has 4 nitrogen and oxygen atoms in total. The van der Waals surface area contributed by atoms with Crippen molar-refractivity contribution >= 4 is 24.0 Å². The molecule has 2 rings (SSSR count). The van der Waals surface area contributed by atoms with Crippen molar-refractivity contribution in [2.24, 2.45) is 0 Å². The number of hydrogen-bond donors (Lipinski definition) is 2. The van der Waals surface area contributed by atoms with Gasteiger partial charge >= 0.3 is 0 Å². The molecule has 2 aromatic rings. The number of thiazole rings is 1. The number of ether oxygens (including phenoxy) is 1. The molecule has 1 heterocycles. The molecule has 0 spiro atoms. The highest BCUT2D eigenvalue weighted by atomic mass is 32.1. The summed E-state index contributed by atoms with van der Waals surface area (Å²) in [5.74, 6) is 0.637. The van der Waals surface area contributed by atoms with E-state index in [0.717, 1.165) is 0 Å². The lowest BCUT2D eigenvalue weighted by Gasteiger charge is -2.01. The van der Waals surface area contributed by atoms with Crippen molar-refractivity contribution in [3.05, 3.63) is 43.3 Å². The van der Waals surface area contributed by atoms with Crippen LogP contribution in [0.4, 0.5) is 0 Å².